The van der Waals surface area contributed by atoms with Gasteiger partial charge < -0.3 is 14.9 Å². The average molecular weight is 349 g/mol. The molecular formula is C17H21ClN4O2. The summed E-state index contributed by atoms with van der Waals surface area (Å²) >= 11 is 6.26. The van der Waals surface area contributed by atoms with E-state index in [4.69, 9.17) is 16.1 Å². The number of nitrogens with one attached hydrogen (secondary N) is 1. The summed E-state index contributed by atoms with van der Waals surface area (Å²) < 4.78 is 5.42. The average Bonchev–Trinajstić information content (AvgIpc) is 3.18. The number of halogens is 1. The first-order chi connectivity index (χ1) is 11.6. The fourth-order valence-corrected chi connectivity index (χ4v) is 3.51. The Morgan fingerprint density at radius 3 is 2.96 bits per heavy atom. The number of pyridine rings is 1. The molecule has 24 heavy (non-hydrogen) atoms. The van der Waals surface area contributed by atoms with Crippen LogP contribution in [-0.2, 0) is 0 Å². The SMILES string of the molecule is Cc1ccnc(NC[C@H]2C[C@H](c3nc(C4CC4)no3)C[C@H]2O)c1Cl. The van der Waals surface area contributed by atoms with Crippen LogP contribution < -0.4 is 5.32 Å². The van der Waals surface area contributed by atoms with Gasteiger partial charge >= 0.3 is 0 Å². The summed E-state index contributed by atoms with van der Waals surface area (Å²) in [7, 11) is 0. The van der Waals surface area contributed by atoms with E-state index in [1.165, 1.54) is 0 Å². The molecule has 2 heterocycles. The van der Waals surface area contributed by atoms with Crippen molar-refractivity contribution in [2.45, 2.75) is 50.5 Å². The second-order valence-corrected chi connectivity index (χ2v) is 7.31. The van der Waals surface area contributed by atoms with Gasteiger partial charge in [-0.15, -0.1) is 0 Å². The van der Waals surface area contributed by atoms with Gasteiger partial charge in [0.2, 0.25) is 5.89 Å². The molecule has 0 saturated heterocycles. The van der Waals surface area contributed by atoms with Crippen LogP contribution in [0, 0.1) is 12.8 Å². The van der Waals surface area contributed by atoms with Crippen molar-refractivity contribution in [2.24, 2.45) is 5.92 Å². The largest absolute Gasteiger partial charge is 0.393 e. The van der Waals surface area contributed by atoms with E-state index in [0.717, 1.165) is 30.7 Å². The third kappa shape index (κ3) is 3.13. The lowest BCUT2D eigenvalue weighted by atomic mass is 10.0. The maximum absolute atomic E-state index is 10.4. The highest BCUT2D eigenvalue weighted by atomic mass is 35.5. The number of anilines is 1. The van der Waals surface area contributed by atoms with Crippen LogP contribution >= 0.6 is 11.6 Å². The number of nitrogens with zero attached hydrogens (tertiary/aromatic N) is 3. The van der Waals surface area contributed by atoms with Gasteiger partial charge in [-0.25, -0.2) is 4.98 Å². The Kier molecular flexibility index (Phi) is 4.18. The molecule has 3 atom stereocenters. The summed E-state index contributed by atoms with van der Waals surface area (Å²) in [4.78, 5) is 8.79. The number of hydrogen-bond donors (Lipinski definition) is 2. The van der Waals surface area contributed by atoms with Gasteiger partial charge in [-0.1, -0.05) is 16.8 Å². The normalized spacial score (nSPS) is 26.7. The van der Waals surface area contributed by atoms with Crippen molar-refractivity contribution in [2.75, 3.05) is 11.9 Å². The maximum atomic E-state index is 10.4. The highest BCUT2D eigenvalue weighted by Gasteiger charge is 2.38. The van der Waals surface area contributed by atoms with Crippen LogP contribution in [0.25, 0.3) is 0 Å². The van der Waals surface area contributed by atoms with Gasteiger partial charge in [0.05, 0.1) is 11.1 Å². The summed E-state index contributed by atoms with van der Waals surface area (Å²) in [5, 5.41) is 18.3. The molecule has 0 aliphatic heterocycles. The molecule has 0 radical (unpaired) electrons. The van der Waals surface area contributed by atoms with Crippen LogP contribution in [0.1, 0.15) is 54.8 Å². The van der Waals surface area contributed by atoms with Crippen LogP contribution in [0.4, 0.5) is 5.82 Å². The fourth-order valence-electron chi connectivity index (χ4n) is 3.34. The van der Waals surface area contributed by atoms with Gasteiger partial charge in [0, 0.05) is 30.5 Å². The van der Waals surface area contributed by atoms with Crippen molar-refractivity contribution in [1.29, 1.82) is 0 Å². The number of aromatic nitrogens is 3. The lowest BCUT2D eigenvalue weighted by Gasteiger charge is -2.16. The molecule has 0 amide bonds. The Morgan fingerprint density at radius 2 is 2.17 bits per heavy atom. The molecular weight excluding hydrogens is 328 g/mol. The van der Waals surface area contributed by atoms with E-state index in [2.05, 4.69) is 20.4 Å². The van der Waals surface area contributed by atoms with Crippen LogP contribution in [-0.4, -0.2) is 32.9 Å². The maximum Gasteiger partial charge on any atom is 0.229 e. The minimum Gasteiger partial charge on any atom is -0.393 e. The van der Waals surface area contributed by atoms with E-state index in [1.54, 1.807) is 6.20 Å². The standard InChI is InChI=1S/C17H21ClN4O2/c1-9-4-5-19-16(14(9)18)20-8-12-6-11(7-13(12)23)17-21-15(22-24-17)10-2-3-10/h4-5,10-13,23H,2-3,6-8H2,1H3,(H,19,20)/t11-,12+,13+/m0/s1. The second-order valence-electron chi connectivity index (χ2n) is 6.93. The predicted octanol–water partition coefficient (Wildman–Crippen LogP) is 3.27. The van der Waals surface area contributed by atoms with E-state index < -0.39 is 0 Å². The smallest absolute Gasteiger partial charge is 0.229 e. The zero-order valence-electron chi connectivity index (χ0n) is 13.6. The molecule has 2 aliphatic carbocycles. The molecule has 0 spiro atoms. The summed E-state index contributed by atoms with van der Waals surface area (Å²) in [6.45, 7) is 2.57. The minimum atomic E-state index is -0.387. The molecule has 2 saturated carbocycles. The van der Waals surface area contributed by atoms with Crippen molar-refractivity contribution in [3.63, 3.8) is 0 Å². The monoisotopic (exact) mass is 348 g/mol. The van der Waals surface area contributed by atoms with E-state index in [0.29, 0.717) is 35.6 Å². The summed E-state index contributed by atoms with van der Waals surface area (Å²) in [5.74, 6) is 2.90. The lowest BCUT2D eigenvalue weighted by Crippen LogP contribution is -2.22. The molecule has 0 bridgehead atoms. The van der Waals surface area contributed by atoms with Crippen molar-refractivity contribution in [1.82, 2.24) is 15.1 Å². The van der Waals surface area contributed by atoms with Gasteiger partial charge in [-0.2, -0.15) is 4.98 Å². The van der Waals surface area contributed by atoms with Crippen LogP contribution in [0.3, 0.4) is 0 Å². The van der Waals surface area contributed by atoms with E-state index in [9.17, 15) is 5.11 Å². The number of aliphatic hydroxyl groups excluding tert-OH is 1. The molecule has 0 aromatic carbocycles. The molecule has 2 aliphatic rings. The summed E-state index contributed by atoms with van der Waals surface area (Å²) in [6, 6.07) is 1.88. The Balaban J connectivity index is 1.38. The minimum absolute atomic E-state index is 0.115. The van der Waals surface area contributed by atoms with Crippen LogP contribution in [0.5, 0.6) is 0 Å². The second kappa shape index (κ2) is 6.33. The van der Waals surface area contributed by atoms with E-state index >= 15 is 0 Å². The Bertz CT molecular complexity index is 731. The summed E-state index contributed by atoms with van der Waals surface area (Å²) in [5.41, 5.74) is 0.984. The van der Waals surface area contributed by atoms with Crippen LogP contribution in [0.15, 0.2) is 16.8 Å². The van der Waals surface area contributed by atoms with Gasteiger partial charge in [-0.3, -0.25) is 0 Å². The highest BCUT2D eigenvalue weighted by molar-refractivity contribution is 6.33. The number of hydrogen-bond acceptors (Lipinski definition) is 6. The zero-order chi connectivity index (χ0) is 16.7. The van der Waals surface area contributed by atoms with E-state index in [1.807, 2.05) is 13.0 Å². The van der Waals surface area contributed by atoms with Crippen molar-refractivity contribution in [3.8, 4) is 0 Å². The zero-order valence-corrected chi connectivity index (χ0v) is 14.3. The topological polar surface area (TPSA) is 84.1 Å². The highest BCUT2D eigenvalue weighted by Crippen LogP contribution is 2.41. The number of rotatable bonds is 5. The first kappa shape index (κ1) is 15.8. The first-order valence-corrected chi connectivity index (χ1v) is 8.86. The molecule has 7 heteroatoms. The van der Waals surface area contributed by atoms with Gasteiger partial charge in [-0.05, 0) is 44.2 Å². The van der Waals surface area contributed by atoms with Gasteiger partial charge in [0.1, 0.15) is 5.82 Å². The van der Waals surface area contributed by atoms with Crippen molar-refractivity contribution in [3.05, 3.63) is 34.6 Å². The molecule has 4 rings (SSSR count). The van der Waals surface area contributed by atoms with E-state index in [-0.39, 0.29) is 17.9 Å². The Labute approximate surface area is 145 Å². The Hall–Kier alpha value is -1.66. The molecule has 128 valence electrons. The molecule has 2 fully saturated rings. The number of aliphatic hydroxyl groups is 1. The van der Waals surface area contributed by atoms with Crippen LogP contribution in [0.2, 0.25) is 5.02 Å². The van der Waals surface area contributed by atoms with Gasteiger partial charge in [0.25, 0.3) is 0 Å². The molecule has 0 unspecified atom stereocenters. The molecule has 6 nitrogen and oxygen atoms in total. The molecule has 2 aromatic rings. The number of aryl methyl sites for hydroxylation is 1. The summed E-state index contributed by atoms with van der Waals surface area (Å²) in [6.07, 6.45) is 5.14. The third-order valence-electron chi connectivity index (χ3n) is 5.02. The van der Waals surface area contributed by atoms with Crippen molar-refractivity contribution < 1.29 is 9.63 Å². The predicted molar refractivity (Wildman–Crippen MR) is 90.2 cm³/mol. The van der Waals surface area contributed by atoms with Gasteiger partial charge in [0.15, 0.2) is 5.82 Å². The fraction of sp³-hybridized carbons (Fsp3) is 0.588. The first-order valence-electron chi connectivity index (χ1n) is 8.48. The Morgan fingerprint density at radius 1 is 1.33 bits per heavy atom. The van der Waals surface area contributed by atoms with Crippen molar-refractivity contribution >= 4 is 17.4 Å². The molecule has 2 aromatic heterocycles. The molecule has 2 N–H and O–H groups in total. The lowest BCUT2D eigenvalue weighted by molar-refractivity contribution is 0.137. The third-order valence-corrected chi connectivity index (χ3v) is 5.50. The quantitative estimate of drug-likeness (QED) is 0.862.